The Morgan fingerprint density at radius 3 is 2.68 bits per heavy atom. The van der Waals surface area contributed by atoms with Crippen LogP contribution in [0.25, 0.3) is 10.9 Å². The van der Waals surface area contributed by atoms with Crippen molar-refractivity contribution in [2.45, 2.75) is 6.42 Å². The second-order valence-electron chi connectivity index (χ2n) is 4.13. The van der Waals surface area contributed by atoms with E-state index in [0.29, 0.717) is 11.3 Å². The van der Waals surface area contributed by atoms with Crippen molar-refractivity contribution < 1.29 is 14.3 Å². The van der Waals surface area contributed by atoms with Crippen LogP contribution in [0.5, 0.6) is 0 Å². The van der Waals surface area contributed by atoms with Crippen molar-refractivity contribution in [3.8, 4) is 0 Å². The second kappa shape index (κ2) is 5.11. The van der Waals surface area contributed by atoms with E-state index in [0.717, 1.165) is 10.9 Å². The van der Waals surface area contributed by atoms with Gasteiger partial charge in [0.2, 0.25) is 5.91 Å². The van der Waals surface area contributed by atoms with Crippen LogP contribution in [0.4, 0.5) is 0 Å². The summed E-state index contributed by atoms with van der Waals surface area (Å²) in [6.07, 6.45) is 0.0200. The van der Waals surface area contributed by atoms with Crippen LogP contribution in [-0.2, 0) is 23.0 Å². The first kappa shape index (κ1) is 13.1. The fraction of sp³-hybridized carbons (Fsp3) is 0.231. The SMILES string of the molecule is COC(=O)c1c(CC(=O)NN)n(C)c2ccccc12. The molecule has 0 atom stereocenters. The Bertz CT molecular complexity index is 646. The summed E-state index contributed by atoms with van der Waals surface area (Å²) in [4.78, 5) is 23.4. The summed E-state index contributed by atoms with van der Waals surface area (Å²) in [7, 11) is 3.12. The highest BCUT2D eigenvalue weighted by molar-refractivity contribution is 6.06. The molecule has 0 fully saturated rings. The molecule has 0 aliphatic rings. The van der Waals surface area contributed by atoms with Crippen LogP contribution in [0.1, 0.15) is 16.1 Å². The third-order valence-corrected chi connectivity index (χ3v) is 3.11. The lowest BCUT2D eigenvalue weighted by molar-refractivity contribution is -0.120. The maximum atomic E-state index is 11.9. The third-order valence-electron chi connectivity index (χ3n) is 3.11. The average molecular weight is 261 g/mol. The van der Waals surface area contributed by atoms with E-state index >= 15 is 0 Å². The minimum atomic E-state index is -0.461. The average Bonchev–Trinajstić information content (AvgIpc) is 2.71. The highest BCUT2D eigenvalue weighted by Crippen LogP contribution is 2.26. The van der Waals surface area contributed by atoms with Crippen LogP contribution in [0.3, 0.4) is 0 Å². The predicted molar refractivity (Wildman–Crippen MR) is 70.3 cm³/mol. The molecule has 0 aliphatic carbocycles. The van der Waals surface area contributed by atoms with Crippen molar-refractivity contribution in [1.29, 1.82) is 0 Å². The van der Waals surface area contributed by atoms with Gasteiger partial charge in [0.25, 0.3) is 0 Å². The number of rotatable bonds is 3. The van der Waals surface area contributed by atoms with E-state index < -0.39 is 5.97 Å². The number of para-hydroxylation sites is 1. The van der Waals surface area contributed by atoms with Gasteiger partial charge in [0.1, 0.15) is 0 Å². The van der Waals surface area contributed by atoms with Crippen molar-refractivity contribution >= 4 is 22.8 Å². The quantitative estimate of drug-likeness (QED) is 0.364. The van der Waals surface area contributed by atoms with Gasteiger partial charge in [0.05, 0.1) is 19.1 Å². The molecule has 1 aromatic carbocycles. The molecular formula is C13H15N3O3. The number of hydrogen-bond donors (Lipinski definition) is 2. The van der Waals surface area contributed by atoms with E-state index in [1.165, 1.54) is 7.11 Å². The molecule has 3 N–H and O–H groups in total. The number of carbonyl (C=O) groups excluding carboxylic acids is 2. The number of fused-ring (bicyclic) bond motifs is 1. The lowest BCUT2D eigenvalue weighted by Crippen LogP contribution is -2.32. The van der Waals surface area contributed by atoms with Gasteiger partial charge in [-0.25, -0.2) is 10.6 Å². The fourth-order valence-corrected chi connectivity index (χ4v) is 2.19. The monoisotopic (exact) mass is 261 g/mol. The molecular weight excluding hydrogens is 246 g/mol. The number of esters is 1. The molecule has 1 heterocycles. The Hall–Kier alpha value is -2.34. The van der Waals surface area contributed by atoms with Crippen molar-refractivity contribution in [2.75, 3.05) is 7.11 Å². The molecule has 1 aromatic heterocycles. The molecule has 0 saturated carbocycles. The molecule has 6 heteroatoms. The predicted octanol–water partition coefficient (Wildman–Crippen LogP) is 0.497. The summed E-state index contributed by atoms with van der Waals surface area (Å²) < 4.78 is 6.60. The van der Waals surface area contributed by atoms with Gasteiger partial charge in [0, 0.05) is 23.6 Å². The number of benzene rings is 1. The summed E-state index contributed by atoms with van der Waals surface area (Å²) in [6.45, 7) is 0. The summed E-state index contributed by atoms with van der Waals surface area (Å²) in [5.41, 5.74) is 3.91. The maximum absolute atomic E-state index is 11.9. The number of ether oxygens (including phenoxy) is 1. The summed E-state index contributed by atoms with van der Waals surface area (Å²) in [6, 6.07) is 7.41. The van der Waals surface area contributed by atoms with Crippen molar-refractivity contribution in [3.63, 3.8) is 0 Å². The zero-order valence-electron chi connectivity index (χ0n) is 10.8. The second-order valence-corrected chi connectivity index (χ2v) is 4.13. The molecule has 2 aromatic rings. The molecule has 100 valence electrons. The Labute approximate surface area is 110 Å². The van der Waals surface area contributed by atoms with Gasteiger partial charge in [-0.3, -0.25) is 10.2 Å². The molecule has 2 rings (SSSR count). The zero-order chi connectivity index (χ0) is 14.0. The number of aromatic nitrogens is 1. The molecule has 0 aliphatic heterocycles. The number of hydrogen-bond acceptors (Lipinski definition) is 4. The van der Waals surface area contributed by atoms with E-state index in [1.807, 2.05) is 24.3 Å². The van der Waals surface area contributed by atoms with E-state index in [2.05, 4.69) is 5.43 Å². The molecule has 0 radical (unpaired) electrons. The molecule has 0 bridgehead atoms. The van der Waals surface area contributed by atoms with Crippen LogP contribution in [-0.4, -0.2) is 23.6 Å². The van der Waals surface area contributed by atoms with Gasteiger partial charge in [0.15, 0.2) is 0 Å². The third kappa shape index (κ3) is 2.17. The number of nitrogens with one attached hydrogen (secondary N) is 1. The number of nitrogens with zero attached hydrogens (tertiary/aromatic N) is 1. The van der Waals surface area contributed by atoms with E-state index in [-0.39, 0.29) is 12.3 Å². The summed E-state index contributed by atoms with van der Waals surface area (Å²) >= 11 is 0. The Kier molecular flexibility index (Phi) is 3.52. The van der Waals surface area contributed by atoms with Gasteiger partial charge in [-0.15, -0.1) is 0 Å². The number of methoxy groups -OCH3 is 1. The van der Waals surface area contributed by atoms with Gasteiger partial charge in [-0.05, 0) is 6.07 Å². The smallest absolute Gasteiger partial charge is 0.340 e. The number of carbonyl (C=O) groups is 2. The van der Waals surface area contributed by atoms with Gasteiger partial charge < -0.3 is 9.30 Å². The number of nitrogens with two attached hydrogens (primary N) is 1. The summed E-state index contributed by atoms with van der Waals surface area (Å²) in [5, 5.41) is 0.761. The first-order chi connectivity index (χ1) is 9.10. The van der Waals surface area contributed by atoms with Gasteiger partial charge >= 0.3 is 5.97 Å². The zero-order valence-corrected chi connectivity index (χ0v) is 10.8. The minimum absolute atomic E-state index is 0.0200. The summed E-state index contributed by atoms with van der Waals surface area (Å²) in [5.74, 6) is 4.27. The van der Waals surface area contributed by atoms with Crippen molar-refractivity contribution in [1.82, 2.24) is 9.99 Å². The van der Waals surface area contributed by atoms with E-state index in [1.54, 1.807) is 11.6 Å². The largest absolute Gasteiger partial charge is 0.465 e. The van der Waals surface area contributed by atoms with Gasteiger partial charge in [-0.2, -0.15) is 0 Å². The van der Waals surface area contributed by atoms with Crippen molar-refractivity contribution in [3.05, 3.63) is 35.5 Å². The topological polar surface area (TPSA) is 86.3 Å². The van der Waals surface area contributed by atoms with Crippen LogP contribution in [0, 0.1) is 0 Å². The first-order valence-corrected chi connectivity index (χ1v) is 5.74. The minimum Gasteiger partial charge on any atom is -0.465 e. The molecule has 0 unspecified atom stereocenters. The lowest BCUT2D eigenvalue weighted by atomic mass is 10.1. The first-order valence-electron chi connectivity index (χ1n) is 5.74. The van der Waals surface area contributed by atoms with Gasteiger partial charge in [-0.1, -0.05) is 18.2 Å². The normalized spacial score (nSPS) is 10.5. The standard InChI is InChI=1S/C13H15N3O3/c1-16-9-6-4-3-5-8(9)12(13(18)19-2)10(16)7-11(17)15-14/h3-6H,7,14H2,1-2H3,(H,15,17). The van der Waals surface area contributed by atoms with Crippen LogP contribution >= 0.6 is 0 Å². The number of aryl methyl sites for hydroxylation is 1. The van der Waals surface area contributed by atoms with E-state index in [9.17, 15) is 9.59 Å². The molecule has 19 heavy (non-hydrogen) atoms. The molecule has 0 spiro atoms. The molecule has 1 amide bonds. The Balaban J connectivity index is 2.69. The fourth-order valence-electron chi connectivity index (χ4n) is 2.19. The van der Waals surface area contributed by atoms with Crippen LogP contribution in [0.15, 0.2) is 24.3 Å². The van der Waals surface area contributed by atoms with Crippen LogP contribution in [0.2, 0.25) is 0 Å². The Morgan fingerprint density at radius 2 is 2.05 bits per heavy atom. The lowest BCUT2D eigenvalue weighted by Gasteiger charge is -2.05. The molecule has 6 nitrogen and oxygen atoms in total. The van der Waals surface area contributed by atoms with Crippen molar-refractivity contribution in [2.24, 2.45) is 12.9 Å². The maximum Gasteiger partial charge on any atom is 0.340 e. The van der Waals surface area contributed by atoms with Crippen LogP contribution < -0.4 is 11.3 Å². The Morgan fingerprint density at radius 1 is 1.37 bits per heavy atom. The number of hydrazine groups is 1. The highest BCUT2D eigenvalue weighted by atomic mass is 16.5. The number of amides is 1. The highest BCUT2D eigenvalue weighted by Gasteiger charge is 2.22. The van der Waals surface area contributed by atoms with E-state index in [4.69, 9.17) is 10.6 Å². The molecule has 0 saturated heterocycles.